The minimum absolute atomic E-state index is 0.119. The van der Waals surface area contributed by atoms with Gasteiger partial charge in [0.15, 0.2) is 0 Å². The van der Waals surface area contributed by atoms with Gasteiger partial charge in [0.25, 0.3) is 0 Å². The Morgan fingerprint density at radius 2 is 2.38 bits per heavy atom. The van der Waals surface area contributed by atoms with Gasteiger partial charge >= 0.3 is 0 Å². The second-order valence-electron chi connectivity index (χ2n) is 3.35. The zero-order valence-electron chi connectivity index (χ0n) is 7.63. The average molecular weight is 197 g/mol. The Kier molecular flexibility index (Phi) is 2.18. The lowest BCUT2D eigenvalue weighted by atomic mass is 10.1. The van der Waals surface area contributed by atoms with Crippen molar-refractivity contribution in [3.05, 3.63) is 28.8 Å². The van der Waals surface area contributed by atoms with Gasteiger partial charge in [0, 0.05) is 29.8 Å². The van der Waals surface area contributed by atoms with E-state index in [2.05, 4.69) is 11.8 Å². The first-order chi connectivity index (χ1) is 6.22. The summed E-state index contributed by atoms with van der Waals surface area (Å²) in [4.78, 5) is 2.27. The highest BCUT2D eigenvalue weighted by atomic mass is 35.5. The normalized spacial score (nSPS) is 20.5. The van der Waals surface area contributed by atoms with Gasteiger partial charge < -0.3 is 10.6 Å². The van der Waals surface area contributed by atoms with E-state index in [-0.39, 0.29) is 6.04 Å². The molecular formula is C10H13ClN2. The van der Waals surface area contributed by atoms with Gasteiger partial charge in [-0.25, -0.2) is 0 Å². The van der Waals surface area contributed by atoms with E-state index < -0.39 is 0 Å². The second kappa shape index (κ2) is 3.20. The molecule has 2 rings (SSSR count). The number of fused-ring (bicyclic) bond motifs is 1. The van der Waals surface area contributed by atoms with Crippen molar-refractivity contribution in [1.29, 1.82) is 0 Å². The molecule has 1 heterocycles. The van der Waals surface area contributed by atoms with Gasteiger partial charge in [0.2, 0.25) is 0 Å². The van der Waals surface area contributed by atoms with E-state index in [1.165, 1.54) is 11.3 Å². The fourth-order valence-corrected chi connectivity index (χ4v) is 2.02. The molecule has 1 aliphatic heterocycles. The maximum Gasteiger partial charge on any atom is 0.0494 e. The highest BCUT2D eigenvalue weighted by Crippen LogP contribution is 2.34. The minimum atomic E-state index is 0.119. The van der Waals surface area contributed by atoms with Gasteiger partial charge in [-0.15, -0.1) is 0 Å². The number of likely N-dealkylation sites (N-methyl/N-ethyl adjacent to an activating group) is 1. The lowest BCUT2D eigenvalue weighted by Gasteiger charge is -2.16. The molecule has 0 saturated carbocycles. The number of anilines is 1. The van der Waals surface area contributed by atoms with Crippen molar-refractivity contribution in [1.82, 2.24) is 0 Å². The third-order valence-electron chi connectivity index (χ3n) is 2.53. The van der Waals surface area contributed by atoms with Crippen molar-refractivity contribution >= 4 is 17.3 Å². The highest BCUT2D eigenvalue weighted by Gasteiger charge is 2.24. The summed E-state index contributed by atoms with van der Waals surface area (Å²) in [6, 6.07) is 6.06. The second-order valence-corrected chi connectivity index (χ2v) is 3.78. The zero-order chi connectivity index (χ0) is 9.42. The third-order valence-corrected chi connectivity index (χ3v) is 2.76. The smallest absolute Gasteiger partial charge is 0.0494 e. The van der Waals surface area contributed by atoms with Crippen LogP contribution >= 0.6 is 11.6 Å². The van der Waals surface area contributed by atoms with E-state index >= 15 is 0 Å². The summed E-state index contributed by atoms with van der Waals surface area (Å²) in [6.45, 7) is 4.05. The molecule has 0 saturated heterocycles. The van der Waals surface area contributed by atoms with Gasteiger partial charge in [-0.1, -0.05) is 11.6 Å². The molecule has 13 heavy (non-hydrogen) atoms. The Hall–Kier alpha value is -0.730. The topological polar surface area (TPSA) is 29.3 Å². The van der Waals surface area contributed by atoms with Crippen LogP contribution in [0, 0.1) is 0 Å². The Labute approximate surface area is 83.3 Å². The van der Waals surface area contributed by atoms with Crippen LogP contribution in [0.3, 0.4) is 0 Å². The van der Waals surface area contributed by atoms with Crippen LogP contribution in [0.15, 0.2) is 18.2 Å². The molecule has 1 unspecified atom stereocenters. The number of halogens is 1. The van der Waals surface area contributed by atoms with E-state index in [0.29, 0.717) is 0 Å². The lowest BCUT2D eigenvalue weighted by molar-refractivity contribution is 0.734. The van der Waals surface area contributed by atoms with E-state index in [1.807, 2.05) is 18.2 Å². The lowest BCUT2D eigenvalue weighted by Crippen LogP contribution is -2.23. The first-order valence-electron chi connectivity index (χ1n) is 4.52. The maximum absolute atomic E-state index is 5.98. The first-order valence-corrected chi connectivity index (χ1v) is 4.90. The monoisotopic (exact) mass is 196 g/mol. The summed E-state index contributed by atoms with van der Waals surface area (Å²) >= 11 is 5.91. The number of nitrogens with zero attached hydrogens (tertiary/aromatic N) is 1. The molecule has 1 atom stereocenters. The SMILES string of the molecule is CCN1CC(N)c2cc(Cl)ccc21. The molecule has 0 aromatic heterocycles. The number of rotatable bonds is 1. The molecule has 1 aromatic carbocycles. The van der Waals surface area contributed by atoms with Crippen molar-refractivity contribution in [3.8, 4) is 0 Å². The van der Waals surface area contributed by atoms with E-state index in [9.17, 15) is 0 Å². The molecule has 0 spiro atoms. The molecule has 0 aliphatic carbocycles. The van der Waals surface area contributed by atoms with Crippen molar-refractivity contribution in [2.75, 3.05) is 18.0 Å². The van der Waals surface area contributed by atoms with Crippen LogP contribution in [0.25, 0.3) is 0 Å². The van der Waals surface area contributed by atoms with Gasteiger partial charge in [-0.3, -0.25) is 0 Å². The van der Waals surface area contributed by atoms with Crippen LogP contribution in [0.5, 0.6) is 0 Å². The predicted molar refractivity (Wildman–Crippen MR) is 56.3 cm³/mol. The Bertz CT molecular complexity index is 325. The quantitative estimate of drug-likeness (QED) is 0.746. The van der Waals surface area contributed by atoms with Gasteiger partial charge in [0.1, 0.15) is 0 Å². The van der Waals surface area contributed by atoms with Crippen LogP contribution < -0.4 is 10.6 Å². The van der Waals surface area contributed by atoms with E-state index in [1.54, 1.807) is 0 Å². The molecule has 2 nitrogen and oxygen atoms in total. The summed E-state index contributed by atoms with van der Waals surface area (Å²) in [5, 5.41) is 0.771. The van der Waals surface area contributed by atoms with Crippen LogP contribution in [-0.2, 0) is 0 Å². The molecule has 0 amide bonds. The minimum Gasteiger partial charge on any atom is -0.370 e. The summed E-state index contributed by atoms with van der Waals surface area (Å²) in [5.41, 5.74) is 8.39. The molecule has 0 bridgehead atoms. The molecule has 1 aliphatic rings. The number of benzene rings is 1. The van der Waals surface area contributed by atoms with Crippen molar-refractivity contribution in [2.45, 2.75) is 13.0 Å². The summed E-state index contributed by atoms with van der Waals surface area (Å²) in [7, 11) is 0. The van der Waals surface area contributed by atoms with Crippen LogP contribution in [0.1, 0.15) is 18.5 Å². The molecular weight excluding hydrogens is 184 g/mol. The Morgan fingerprint density at radius 1 is 1.62 bits per heavy atom. The van der Waals surface area contributed by atoms with Gasteiger partial charge in [-0.05, 0) is 30.7 Å². The van der Waals surface area contributed by atoms with E-state index in [0.717, 1.165) is 18.1 Å². The fraction of sp³-hybridized carbons (Fsp3) is 0.400. The molecule has 0 fully saturated rings. The highest BCUT2D eigenvalue weighted by molar-refractivity contribution is 6.30. The average Bonchev–Trinajstić information content (AvgIpc) is 2.43. The maximum atomic E-state index is 5.98. The van der Waals surface area contributed by atoms with Gasteiger partial charge in [0.05, 0.1) is 0 Å². The number of hydrogen-bond acceptors (Lipinski definition) is 2. The van der Waals surface area contributed by atoms with Crippen LogP contribution in [0.4, 0.5) is 5.69 Å². The Balaban J connectivity index is 2.46. The van der Waals surface area contributed by atoms with Crippen LogP contribution in [-0.4, -0.2) is 13.1 Å². The predicted octanol–water partition coefficient (Wildman–Crippen LogP) is 2.18. The Morgan fingerprint density at radius 3 is 3.08 bits per heavy atom. The molecule has 3 heteroatoms. The first kappa shape index (κ1) is 8.85. The molecule has 1 aromatic rings. The summed E-state index contributed by atoms with van der Waals surface area (Å²) in [5.74, 6) is 0. The zero-order valence-corrected chi connectivity index (χ0v) is 8.38. The standard InChI is InChI=1S/C10H13ClN2/c1-2-13-6-9(12)8-5-7(11)3-4-10(8)13/h3-5,9H,2,6,12H2,1H3. The van der Waals surface area contributed by atoms with Crippen molar-refractivity contribution < 1.29 is 0 Å². The van der Waals surface area contributed by atoms with Crippen LogP contribution in [0.2, 0.25) is 5.02 Å². The molecule has 70 valence electrons. The summed E-state index contributed by atoms with van der Waals surface area (Å²) in [6.07, 6.45) is 0. The number of hydrogen-bond donors (Lipinski definition) is 1. The summed E-state index contributed by atoms with van der Waals surface area (Å²) < 4.78 is 0. The van der Waals surface area contributed by atoms with Crippen molar-refractivity contribution in [2.24, 2.45) is 5.73 Å². The molecule has 0 radical (unpaired) electrons. The largest absolute Gasteiger partial charge is 0.370 e. The fourth-order valence-electron chi connectivity index (χ4n) is 1.84. The van der Waals surface area contributed by atoms with Crippen molar-refractivity contribution in [3.63, 3.8) is 0 Å². The van der Waals surface area contributed by atoms with Gasteiger partial charge in [-0.2, -0.15) is 0 Å². The van der Waals surface area contributed by atoms with E-state index in [4.69, 9.17) is 17.3 Å². The third kappa shape index (κ3) is 1.40. The number of nitrogens with two attached hydrogens (primary N) is 1. The molecule has 2 N–H and O–H groups in total.